The molecule has 2 fully saturated rings. The van der Waals surface area contributed by atoms with Crippen molar-refractivity contribution in [2.45, 2.75) is 38.8 Å². The van der Waals surface area contributed by atoms with Crippen LogP contribution in [0.4, 0.5) is 0 Å². The smallest absolute Gasteiger partial charge is 0.320 e. The van der Waals surface area contributed by atoms with Gasteiger partial charge in [0.15, 0.2) is 0 Å². The van der Waals surface area contributed by atoms with E-state index in [1.165, 1.54) is 0 Å². The Morgan fingerprint density at radius 2 is 2.25 bits per heavy atom. The second-order valence-electron chi connectivity index (χ2n) is 5.02. The van der Waals surface area contributed by atoms with Gasteiger partial charge in [-0.2, -0.15) is 0 Å². The molecule has 4 heteroatoms. The lowest BCUT2D eigenvalue weighted by Gasteiger charge is -2.31. The highest BCUT2D eigenvalue weighted by Crippen LogP contribution is 2.36. The molecule has 0 saturated carbocycles. The van der Waals surface area contributed by atoms with E-state index in [9.17, 15) is 9.90 Å². The average Bonchev–Trinajstić information content (AvgIpc) is 2.77. The number of aliphatic carboxylic acids is 1. The van der Waals surface area contributed by atoms with Crippen molar-refractivity contribution in [3.8, 4) is 0 Å². The third kappa shape index (κ3) is 1.84. The van der Waals surface area contributed by atoms with Crippen LogP contribution in [-0.2, 0) is 4.79 Å². The molecule has 4 nitrogen and oxygen atoms in total. The molecule has 4 atom stereocenters. The largest absolute Gasteiger partial charge is 0.480 e. The van der Waals surface area contributed by atoms with E-state index < -0.39 is 5.97 Å². The third-order valence-corrected chi connectivity index (χ3v) is 4.25. The molecule has 4 unspecified atom stereocenters. The lowest BCUT2D eigenvalue weighted by atomic mass is 9.92. The molecule has 0 spiro atoms. The summed E-state index contributed by atoms with van der Waals surface area (Å²) >= 11 is 0. The Morgan fingerprint density at radius 3 is 2.81 bits per heavy atom. The lowest BCUT2D eigenvalue weighted by molar-refractivity contribution is -0.144. The number of nitrogens with one attached hydrogen (secondary N) is 1. The van der Waals surface area contributed by atoms with E-state index >= 15 is 0 Å². The van der Waals surface area contributed by atoms with Gasteiger partial charge in [-0.1, -0.05) is 13.8 Å². The quantitative estimate of drug-likeness (QED) is 0.744. The topological polar surface area (TPSA) is 52.6 Å². The van der Waals surface area contributed by atoms with Gasteiger partial charge in [0, 0.05) is 12.6 Å². The average molecular weight is 226 g/mol. The number of hydrogen-bond acceptors (Lipinski definition) is 3. The highest BCUT2D eigenvalue weighted by Gasteiger charge is 2.46. The van der Waals surface area contributed by atoms with Crippen LogP contribution in [0.5, 0.6) is 0 Å². The summed E-state index contributed by atoms with van der Waals surface area (Å²) in [5.41, 5.74) is 0. The number of carboxylic acids is 1. The van der Waals surface area contributed by atoms with Crippen LogP contribution in [0.25, 0.3) is 0 Å². The Balaban J connectivity index is 2.12. The van der Waals surface area contributed by atoms with Gasteiger partial charge in [-0.25, -0.2) is 0 Å². The maximum Gasteiger partial charge on any atom is 0.320 e. The lowest BCUT2D eigenvalue weighted by Crippen LogP contribution is -2.46. The molecule has 2 aliphatic rings. The van der Waals surface area contributed by atoms with Crippen molar-refractivity contribution in [2.75, 3.05) is 19.6 Å². The van der Waals surface area contributed by atoms with Gasteiger partial charge in [0.2, 0.25) is 0 Å². The monoisotopic (exact) mass is 226 g/mol. The minimum absolute atomic E-state index is 0.282. The summed E-state index contributed by atoms with van der Waals surface area (Å²) in [7, 11) is 0. The van der Waals surface area contributed by atoms with Gasteiger partial charge >= 0.3 is 5.97 Å². The first-order valence-corrected chi connectivity index (χ1v) is 6.38. The predicted octanol–water partition coefficient (Wildman–Crippen LogP) is 0.779. The Labute approximate surface area is 97.0 Å². The van der Waals surface area contributed by atoms with Crippen LogP contribution in [0.2, 0.25) is 0 Å². The number of fused-ring (bicyclic) bond motifs is 1. The Hall–Kier alpha value is -0.610. The van der Waals surface area contributed by atoms with Crippen molar-refractivity contribution >= 4 is 5.97 Å². The van der Waals surface area contributed by atoms with Crippen molar-refractivity contribution in [3.63, 3.8) is 0 Å². The molecule has 2 N–H and O–H groups in total. The minimum atomic E-state index is -0.658. The van der Waals surface area contributed by atoms with E-state index in [0.717, 1.165) is 26.1 Å². The van der Waals surface area contributed by atoms with E-state index in [-0.39, 0.29) is 6.04 Å². The zero-order valence-corrected chi connectivity index (χ0v) is 10.1. The summed E-state index contributed by atoms with van der Waals surface area (Å²) in [6.07, 6.45) is 1.77. The van der Waals surface area contributed by atoms with Crippen LogP contribution in [0.1, 0.15) is 26.7 Å². The van der Waals surface area contributed by atoms with Gasteiger partial charge in [-0.05, 0) is 37.8 Å². The molecule has 0 aromatic heterocycles. The third-order valence-electron chi connectivity index (χ3n) is 4.25. The van der Waals surface area contributed by atoms with Crippen LogP contribution in [0.3, 0.4) is 0 Å². The zero-order chi connectivity index (χ0) is 11.7. The van der Waals surface area contributed by atoms with E-state index in [2.05, 4.69) is 17.1 Å². The van der Waals surface area contributed by atoms with Gasteiger partial charge in [0.1, 0.15) is 6.04 Å². The molecule has 16 heavy (non-hydrogen) atoms. The van der Waals surface area contributed by atoms with E-state index in [0.29, 0.717) is 24.3 Å². The van der Waals surface area contributed by atoms with E-state index in [1.54, 1.807) is 0 Å². The molecule has 0 bridgehead atoms. The van der Waals surface area contributed by atoms with Gasteiger partial charge in [0.25, 0.3) is 0 Å². The second kappa shape index (κ2) is 4.72. The van der Waals surface area contributed by atoms with Crippen LogP contribution < -0.4 is 5.32 Å². The molecule has 2 saturated heterocycles. The van der Waals surface area contributed by atoms with Crippen molar-refractivity contribution in [1.82, 2.24) is 10.2 Å². The maximum atomic E-state index is 11.2. The van der Waals surface area contributed by atoms with E-state index in [4.69, 9.17) is 0 Å². The molecule has 0 amide bonds. The highest BCUT2D eigenvalue weighted by molar-refractivity contribution is 5.73. The standard InChI is InChI=1S/C12H22N2O2/c1-3-10-9-6-13-5-8(9)7-14(10)11(4-2)12(15)16/h8-11,13H,3-7H2,1-2H3,(H,15,16). The highest BCUT2D eigenvalue weighted by atomic mass is 16.4. The minimum Gasteiger partial charge on any atom is -0.480 e. The first kappa shape index (κ1) is 11.9. The molecule has 0 aliphatic carbocycles. The molecule has 0 radical (unpaired) electrons. The number of carboxylic acid groups (broad SMARTS) is 1. The maximum absolute atomic E-state index is 11.2. The fourth-order valence-electron chi connectivity index (χ4n) is 3.50. The molecular weight excluding hydrogens is 204 g/mol. The van der Waals surface area contributed by atoms with Crippen LogP contribution >= 0.6 is 0 Å². The molecule has 0 aromatic rings. The van der Waals surface area contributed by atoms with Crippen LogP contribution in [0, 0.1) is 11.8 Å². The van der Waals surface area contributed by atoms with Gasteiger partial charge < -0.3 is 10.4 Å². The summed E-state index contributed by atoms with van der Waals surface area (Å²) in [5.74, 6) is 0.672. The van der Waals surface area contributed by atoms with Crippen molar-refractivity contribution in [2.24, 2.45) is 11.8 Å². The molecule has 92 valence electrons. The summed E-state index contributed by atoms with van der Waals surface area (Å²) in [6.45, 7) is 7.23. The van der Waals surface area contributed by atoms with Crippen LogP contribution in [-0.4, -0.2) is 47.7 Å². The first-order chi connectivity index (χ1) is 7.69. The molecule has 2 rings (SSSR count). The Morgan fingerprint density at radius 1 is 1.50 bits per heavy atom. The summed E-state index contributed by atoms with van der Waals surface area (Å²) < 4.78 is 0. The SMILES string of the molecule is CCC(C(=O)O)N1CC2CNCC2C1CC. The van der Waals surface area contributed by atoms with Crippen molar-refractivity contribution < 1.29 is 9.90 Å². The van der Waals surface area contributed by atoms with Crippen molar-refractivity contribution in [1.29, 1.82) is 0 Å². The Bertz CT molecular complexity index is 270. The summed E-state index contributed by atoms with van der Waals surface area (Å²) in [4.78, 5) is 13.5. The predicted molar refractivity (Wildman–Crippen MR) is 62.3 cm³/mol. The van der Waals surface area contributed by atoms with Gasteiger partial charge in [0.05, 0.1) is 0 Å². The van der Waals surface area contributed by atoms with Gasteiger partial charge in [-0.3, -0.25) is 9.69 Å². The number of rotatable bonds is 4. The van der Waals surface area contributed by atoms with Crippen LogP contribution in [0.15, 0.2) is 0 Å². The summed E-state index contributed by atoms with van der Waals surface area (Å²) in [6, 6.07) is 0.177. The zero-order valence-electron chi connectivity index (χ0n) is 10.1. The number of carbonyl (C=O) groups is 1. The fourth-order valence-corrected chi connectivity index (χ4v) is 3.50. The molecule has 0 aromatic carbocycles. The molecule has 2 heterocycles. The van der Waals surface area contributed by atoms with Gasteiger partial charge in [-0.15, -0.1) is 0 Å². The Kier molecular flexibility index (Phi) is 3.50. The molecular formula is C12H22N2O2. The number of hydrogen-bond donors (Lipinski definition) is 2. The fraction of sp³-hybridized carbons (Fsp3) is 0.917. The summed E-state index contributed by atoms with van der Waals surface area (Å²) in [5, 5.41) is 12.7. The number of likely N-dealkylation sites (tertiary alicyclic amines) is 1. The second-order valence-corrected chi connectivity index (χ2v) is 5.02. The van der Waals surface area contributed by atoms with E-state index in [1.807, 2.05) is 6.92 Å². The van der Waals surface area contributed by atoms with Crippen molar-refractivity contribution in [3.05, 3.63) is 0 Å². The molecule has 2 aliphatic heterocycles. The first-order valence-electron chi connectivity index (χ1n) is 6.38. The normalized spacial score (nSPS) is 36.2. The number of nitrogens with zero attached hydrogens (tertiary/aromatic N) is 1.